The van der Waals surface area contributed by atoms with Gasteiger partial charge in [-0.25, -0.2) is 0 Å². The van der Waals surface area contributed by atoms with Crippen molar-refractivity contribution in [3.63, 3.8) is 0 Å². The molecule has 0 aromatic heterocycles. The van der Waals surface area contributed by atoms with Crippen molar-refractivity contribution in [1.82, 2.24) is 0 Å². The second-order valence-corrected chi connectivity index (χ2v) is 5.50. The van der Waals surface area contributed by atoms with Gasteiger partial charge in [0.15, 0.2) is 0 Å². The lowest BCUT2D eigenvalue weighted by molar-refractivity contribution is -0.914. The van der Waals surface area contributed by atoms with Gasteiger partial charge < -0.3 is 33.1 Å². The van der Waals surface area contributed by atoms with E-state index in [2.05, 4.69) is 7.05 Å². The van der Waals surface area contributed by atoms with Crippen LogP contribution in [0.5, 0.6) is 5.75 Å². The fourth-order valence-corrected chi connectivity index (χ4v) is 2.55. The van der Waals surface area contributed by atoms with Gasteiger partial charge in [-0.3, -0.25) is 0 Å². The Bertz CT molecular complexity index is 412. The van der Waals surface area contributed by atoms with E-state index >= 15 is 0 Å². The minimum absolute atomic E-state index is 0. The van der Waals surface area contributed by atoms with Crippen LogP contribution in [-0.2, 0) is 0 Å². The Morgan fingerprint density at radius 3 is 2.33 bits per heavy atom. The number of piperidine rings is 1. The molecule has 0 spiro atoms. The fourth-order valence-electron chi connectivity index (χ4n) is 2.55. The Hall–Kier alpha value is -0.550. The van der Waals surface area contributed by atoms with Gasteiger partial charge in [0, 0.05) is 11.8 Å². The molecule has 1 heterocycles. The number of nitrogens with two attached hydrogens (primary N) is 2. The molecule has 0 bridgehead atoms. The molecule has 0 radical (unpaired) electrons. The summed E-state index contributed by atoms with van der Waals surface area (Å²) in [7, 11) is 2.31. The zero-order valence-corrected chi connectivity index (χ0v) is 14.8. The number of halogens is 3. The van der Waals surface area contributed by atoms with Crippen molar-refractivity contribution >= 4 is 36.2 Å². The van der Waals surface area contributed by atoms with Crippen molar-refractivity contribution in [2.24, 2.45) is 0 Å². The molecule has 1 aromatic carbocycles. The Morgan fingerprint density at radius 1 is 1.10 bits per heavy atom. The van der Waals surface area contributed by atoms with E-state index in [9.17, 15) is 0 Å². The van der Waals surface area contributed by atoms with Crippen molar-refractivity contribution < 1.29 is 21.6 Å². The molecular weight excluding hydrogens is 333 g/mol. The molecule has 0 amide bonds. The average Bonchev–Trinajstić information content (AvgIpc) is 2.34. The fraction of sp³-hybridized carbons (Fsp3) is 0.571. The van der Waals surface area contributed by atoms with E-state index in [0.717, 1.165) is 11.0 Å². The number of likely N-dealkylation sites (N-methyl/N-ethyl adjacent to an activating group) is 1. The van der Waals surface area contributed by atoms with E-state index in [1.807, 2.05) is 0 Å². The first-order valence-corrected chi connectivity index (χ1v) is 6.70. The molecule has 1 saturated heterocycles. The van der Waals surface area contributed by atoms with Crippen molar-refractivity contribution in [3.8, 4) is 5.75 Å². The minimum Gasteiger partial charge on any atom is -1.00 e. The topological polar surface area (TPSA) is 61.3 Å². The van der Waals surface area contributed by atoms with E-state index in [4.69, 9.17) is 16.2 Å². The van der Waals surface area contributed by atoms with Crippen LogP contribution in [-0.4, -0.2) is 37.8 Å². The summed E-state index contributed by atoms with van der Waals surface area (Å²) in [5.41, 5.74) is 12.9. The zero-order chi connectivity index (χ0) is 13.0. The number of likely N-dealkylation sites (tertiary alicyclic amines) is 1. The van der Waals surface area contributed by atoms with Crippen molar-refractivity contribution in [2.75, 3.05) is 44.8 Å². The maximum atomic E-state index is 5.86. The first-order valence-electron chi connectivity index (χ1n) is 6.70. The van der Waals surface area contributed by atoms with Gasteiger partial charge in [0.1, 0.15) is 18.9 Å². The predicted molar refractivity (Wildman–Crippen MR) is 89.9 cm³/mol. The number of hydrogen-bond acceptors (Lipinski definition) is 3. The normalized spacial score (nSPS) is 15.9. The molecule has 4 nitrogen and oxygen atoms in total. The summed E-state index contributed by atoms with van der Waals surface area (Å²) in [6.45, 7) is 4.25. The predicted octanol–water partition coefficient (Wildman–Crippen LogP) is -0.292. The third kappa shape index (κ3) is 6.83. The summed E-state index contributed by atoms with van der Waals surface area (Å²) in [5, 5.41) is 0. The molecule has 1 aliphatic heterocycles. The van der Waals surface area contributed by atoms with Gasteiger partial charge in [-0.15, -0.1) is 24.8 Å². The molecule has 1 aromatic rings. The molecule has 1 fully saturated rings. The Balaban J connectivity index is 0. The lowest BCUT2D eigenvalue weighted by atomic mass is 10.1. The first-order chi connectivity index (χ1) is 8.59. The maximum Gasteiger partial charge on any atom is 0.144 e. The van der Waals surface area contributed by atoms with Crippen LogP contribution in [0, 0.1) is 0 Å². The van der Waals surface area contributed by atoms with Crippen LogP contribution in [0.1, 0.15) is 19.3 Å². The molecule has 1 aliphatic rings. The van der Waals surface area contributed by atoms with Crippen LogP contribution in [0.3, 0.4) is 0 Å². The van der Waals surface area contributed by atoms with Crippen LogP contribution >= 0.6 is 24.8 Å². The summed E-state index contributed by atoms with van der Waals surface area (Å²) in [5.74, 6) is 0.707. The number of quaternary nitrogens is 1. The van der Waals surface area contributed by atoms with Gasteiger partial charge in [-0.2, -0.15) is 0 Å². The van der Waals surface area contributed by atoms with Crippen LogP contribution in [0.4, 0.5) is 11.4 Å². The highest BCUT2D eigenvalue weighted by atomic mass is 35.5. The molecule has 0 atom stereocenters. The van der Waals surface area contributed by atoms with E-state index < -0.39 is 0 Å². The molecule has 0 saturated carbocycles. The lowest BCUT2D eigenvalue weighted by Crippen LogP contribution is -3.00. The molecule has 0 unspecified atom stereocenters. The van der Waals surface area contributed by atoms with Gasteiger partial charge in [-0.05, 0) is 31.4 Å². The number of ether oxygens (including phenoxy) is 1. The third-order valence-corrected chi connectivity index (χ3v) is 3.82. The van der Waals surface area contributed by atoms with Crippen LogP contribution in [0.2, 0.25) is 0 Å². The molecule has 2 rings (SSSR count). The van der Waals surface area contributed by atoms with Gasteiger partial charge in [0.2, 0.25) is 0 Å². The lowest BCUT2D eigenvalue weighted by Gasteiger charge is -2.37. The van der Waals surface area contributed by atoms with Gasteiger partial charge in [0.25, 0.3) is 0 Å². The molecule has 21 heavy (non-hydrogen) atoms. The van der Waals surface area contributed by atoms with Crippen molar-refractivity contribution in [3.05, 3.63) is 18.2 Å². The number of nitrogens with zero attached hydrogens (tertiary/aromatic N) is 1. The largest absolute Gasteiger partial charge is 1.00 e. The number of hydrogen-bond donors (Lipinski definition) is 2. The highest BCUT2D eigenvalue weighted by Gasteiger charge is 2.24. The second-order valence-electron chi connectivity index (χ2n) is 5.50. The molecule has 0 aliphatic carbocycles. The van der Waals surface area contributed by atoms with Crippen LogP contribution < -0.4 is 28.6 Å². The summed E-state index contributed by atoms with van der Waals surface area (Å²) >= 11 is 0. The standard InChI is InChI=1S/C14H24N3O.3ClH/c1-17(7-3-2-4-8-17)9-10-18-14-11-12(15)5-6-13(14)16;;;/h5-6,11H,2-4,7-10,15-16H2,1H3;3*1H/q+1;;;/p-1. The highest BCUT2D eigenvalue weighted by Crippen LogP contribution is 2.24. The van der Waals surface area contributed by atoms with Gasteiger partial charge >= 0.3 is 0 Å². The number of anilines is 2. The van der Waals surface area contributed by atoms with Crippen molar-refractivity contribution in [2.45, 2.75) is 19.3 Å². The van der Waals surface area contributed by atoms with E-state index in [0.29, 0.717) is 23.7 Å². The summed E-state index contributed by atoms with van der Waals surface area (Å²) in [6.07, 6.45) is 4.03. The Kier molecular flexibility index (Phi) is 11.1. The number of nitrogen functional groups attached to an aromatic ring is 2. The minimum atomic E-state index is 0. The van der Waals surface area contributed by atoms with Crippen molar-refractivity contribution in [1.29, 1.82) is 0 Å². The van der Waals surface area contributed by atoms with Gasteiger partial charge in [0.05, 0.1) is 25.8 Å². The highest BCUT2D eigenvalue weighted by molar-refractivity contribution is 5.85. The number of rotatable bonds is 4. The summed E-state index contributed by atoms with van der Waals surface area (Å²) in [6, 6.07) is 5.38. The average molecular weight is 359 g/mol. The quantitative estimate of drug-likeness (QED) is 0.574. The van der Waals surface area contributed by atoms with Crippen LogP contribution in [0.15, 0.2) is 18.2 Å². The smallest absolute Gasteiger partial charge is 0.144 e. The Labute approximate surface area is 146 Å². The summed E-state index contributed by atoms with van der Waals surface area (Å²) in [4.78, 5) is 0. The SMILES string of the molecule is C[N+]1(CCOc2cc(N)ccc2N)CCCCC1.Cl.Cl.[Cl-]. The summed E-state index contributed by atoms with van der Waals surface area (Å²) < 4.78 is 6.88. The first kappa shape index (κ1) is 22.7. The van der Waals surface area contributed by atoms with E-state index in [1.165, 1.54) is 32.4 Å². The second kappa shape index (κ2) is 10.2. The molecular formula is C14H26Cl3N3O. The molecule has 124 valence electrons. The molecule has 4 N–H and O–H groups in total. The Morgan fingerprint density at radius 2 is 1.71 bits per heavy atom. The zero-order valence-electron chi connectivity index (χ0n) is 12.4. The number of benzene rings is 1. The monoisotopic (exact) mass is 357 g/mol. The van der Waals surface area contributed by atoms with Gasteiger partial charge in [-0.1, -0.05) is 0 Å². The van der Waals surface area contributed by atoms with E-state index in [1.54, 1.807) is 18.2 Å². The van der Waals surface area contributed by atoms with Crippen LogP contribution in [0.25, 0.3) is 0 Å². The van der Waals surface area contributed by atoms with E-state index in [-0.39, 0.29) is 37.2 Å². The maximum absolute atomic E-state index is 5.86. The third-order valence-electron chi connectivity index (χ3n) is 3.82. The molecule has 7 heteroatoms.